The molecule has 3 rings (SSSR count). The molecule has 1 saturated carbocycles. The third-order valence-electron chi connectivity index (χ3n) is 3.62. The van der Waals surface area contributed by atoms with Gasteiger partial charge >= 0.3 is 0 Å². The maximum absolute atomic E-state index is 6.03. The Hall–Kier alpha value is -1.16. The van der Waals surface area contributed by atoms with E-state index in [1.807, 2.05) is 6.92 Å². The Morgan fingerprint density at radius 1 is 1.29 bits per heavy atom. The molecule has 2 aliphatic rings. The first-order valence-electron chi connectivity index (χ1n) is 6.58. The largest absolute Gasteiger partial charge is 0.355 e. The lowest BCUT2D eigenvalue weighted by atomic mass is 10.1. The minimum absolute atomic E-state index is 0.295. The molecule has 1 aliphatic carbocycles. The van der Waals surface area contributed by atoms with Gasteiger partial charge in [0.05, 0.1) is 0 Å². The molecular weight excluding hydrogens is 212 g/mol. The van der Waals surface area contributed by atoms with Gasteiger partial charge in [0.2, 0.25) is 0 Å². The average molecular weight is 232 g/mol. The van der Waals surface area contributed by atoms with Crippen molar-refractivity contribution in [2.45, 2.75) is 44.6 Å². The second kappa shape index (κ2) is 4.26. The second-order valence-corrected chi connectivity index (χ2v) is 5.32. The Kier molecular flexibility index (Phi) is 2.74. The zero-order chi connectivity index (χ0) is 11.8. The number of hydrogen-bond acceptors (Lipinski definition) is 4. The minimum atomic E-state index is 0.295. The lowest BCUT2D eigenvalue weighted by Gasteiger charge is -2.31. The highest BCUT2D eigenvalue weighted by molar-refractivity contribution is 5.42. The van der Waals surface area contributed by atoms with Crippen molar-refractivity contribution in [2.24, 2.45) is 5.73 Å². The van der Waals surface area contributed by atoms with Gasteiger partial charge in [-0.2, -0.15) is 0 Å². The summed E-state index contributed by atoms with van der Waals surface area (Å²) >= 11 is 0. The summed E-state index contributed by atoms with van der Waals surface area (Å²) in [6.07, 6.45) is 4.88. The van der Waals surface area contributed by atoms with E-state index in [0.29, 0.717) is 12.0 Å². The van der Waals surface area contributed by atoms with Gasteiger partial charge in [0.15, 0.2) is 0 Å². The quantitative estimate of drug-likeness (QED) is 0.841. The minimum Gasteiger partial charge on any atom is -0.355 e. The van der Waals surface area contributed by atoms with Gasteiger partial charge in [0.25, 0.3) is 0 Å². The monoisotopic (exact) mass is 232 g/mol. The zero-order valence-electron chi connectivity index (χ0n) is 10.4. The molecule has 2 N–H and O–H groups in total. The molecule has 1 aromatic heterocycles. The topological polar surface area (TPSA) is 55.0 Å². The maximum Gasteiger partial charge on any atom is 0.132 e. The molecule has 4 heteroatoms. The lowest BCUT2D eigenvalue weighted by Crippen LogP contribution is -2.43. The summed E-state index contributed by atoms with van der Waals surface area (Å²) in [4.78, 5) is 11.4. The van der Waals surface area contributed by atoms with Crippen molar-refractivity contribution in [2.75, 3.05) is 18.0 Å². The molecule has 1 aliphatic heterocycles. The third kappa shape index (κ3) is 2.41. The van der Waals surface area contributed by atoms with E-state index in [0.717, 1.165) is 31.2 Å². The van der Waals surface area contributed by atoms with Crippen molar-refractivity contribution >= 4 is 5.82 Å². The van der Waals surface area contributed by atoms with E-state index in [9.17, 15) is 0 Å². The Balaban J connectivity index is 1.85. The van der Waals surface area contributed by atoms with Crippen LogP contribution in [0.25, 0.3) is 0 Å². The first kappa shape index (κ1) is 11.0. The molecule has 17 heavy (non-hydrogen) atoms. The van der Waals surface area contributed by atoms with Crippen LogP contribution in [0.3, 0.4) is 0 Å². The van der Waals surface area contributed by atoms with Gasteiger partial charge in [-0.1, -0.05) is 0 Å². The predicted octanol–water partition coefficient (Wildman–Crippen LogP) is 1.59. The van der Waals surface area contributed by atoms with Crippen LogP contribution in [0.5, 0.6) is 0 Å². The molecule has 0 amide bonds. The van der Waals surface area contributed by atoms with Gasteiger partial charge < -0.3 is 10.6 Å². The van der Waals surface area contributed by atoms with Crippen LogP contribution in [0, 0.1) is 6.92 Å². The van der Waals surface area contributed by atoms with E-state index in [1.165, 1.54) is 25.0 Å². The number of aromatic nitrogens is 2. The Labute approximate surface area is 102 Å². The fourth-order valence-corrected chi connectivity index (χ4v) is 2.54. The van der Waals surface area contributed by atoms with Crippen molar-refractivity contribution in [3.05, 3.63) is 17.6 Å². The van der Waals surface area contributed by atoms with Crippen LogP contribution in [0.1, 0.15) is 43.1 Å². The first-order chi connectivity index (χ1) is 8.22. The molecule has 92 valence electrons. The van der Waals surface area contributed by atoms with Gasteiger partial charge in [-0.25, -0.2) is 9.97 Å². The fourth-order valence-electron chi connectivity index (χ4n) is 2.54. The fraction of sp³-hybridized carbons (Fsp3) is 0.692. The molecule has 0 bridgehead atoms. The zero-order valence-corrected chi connectivity index (χ0v) is 10.4. The number of nitrogens with two attached hydrogens (primary N) is 1. The molecule has 1 saturated heterocycles. The highest BCUT2D eigenvalue weighted by Crippen LogP contribution is 2.39. The van der Waals surface area contributed by atoms with Crippen LogP contribution >= 0.6 is 0 Å². The van der Waals surface area contributed by atoms with Gasteiger partial charge in [-0.3, -0.25) is 0 Å². The van der Waals surface area contributed by atoms with E-state index in [2.05, 4.69) is 20.9 Å². The van der Waals surface area contributed by atoms with E-state index in [4.69, 9.17) is 5.73 Å². The maximum atomic E-state index is 6.03. The summed E-state index contributed by atoms with van der Waals surface area (Å²) in [5.41, 5.74) is 7.25. The molecular formula is C13H20N4. The molecule has 2 fully saturated rings. The second-order valence-electron chi connectivity index (χ2n) is 5.32. The SMILES string of the molecule is Cc1nc(C2CC2)cc(N2CCC[C@@H](N)C2)n1. The third-order valence-corrected chi connectivity index (χ3v) is 3.62. The summed E-state index contributed by atoms with van der Waals surface area (Å²) in [5, 5.41) is 0. The highest BCUT2D eigenvalue weighted by Gasteiger charge is 2.27. The van der Waals surface area contributed by atoms with Crippen LogP contribution in [0.4, 0.5) is 5.82 Å². The van der Waals surface area contributed by atoms with Crippen molar-refractivity contribution < 1.29 is 0 Å². The number of hydrogen-bond donors (Lipinski definition) is 1. The highest BCUT2D eigenvalue weighted by atomic mass is 15.2. The van der Waals surface area contributed by atoms with Crippen LogP contribution in [0.15, 0.2) is 6.07 Å². The summed E-state index contributed by atoms with van der Waals surface area (Å²) in [5.74, 6) is 2.66. The standard InChI is InChI=1S/C13H20N4/c1-9-15-12(10-4-5-10)7-13(16-9)17-6-2-3-11(14)8-17/h7,10-11H,2-6,8,14H2,1H3/t11-/m1/s1. The van der Waals surface area contributed by atoms with Gasteiger partial charge in [-0.15, -0.1) is 0 Å². The Morgan fingerprint density at radius 3 is 2.82 bits per heavy atom. The van der Waals surface area contributed by atoms with Gasteiger partial charge in [0.1, 0.15) is 11.6 Å². The van der Waals surface area contributed by atoms with Crippen LogP contribution in [-0.4, -0.2) is 29.1 Å². The van der Waals surface area contributed by atoms with Gasteiger partial charge in [-0.05, 0) is 32.6 Å². The Morgan fingerprint density at radius 2 is 2.12 bits per heavy atom. The molecule has 2 heterocycles. The number of nitrogens with zero attached hydrogens (tertiary/aromatic N) is 3. The van der Waals surface area contributed by atoms with E-state index in [-0.39, 0.29) is 0 Å². The van der Waals surface area contributed by atoms with Crippen molar-refractivity contribution in [3.8, 4) is 0 Å². The molecule has 0 aromatic carbocycles. The van der Waals surface area contributed by atoms with E-state index >= 15 is 0 Å². The smallest absolute Gasteiger partial charge is 0.132 e. The Bertz CT molecular complexity index is 414. The van der Waals surface area contributed by atoms with E-state index < -0.39 is 0 Å². The molecule has 4 nitrogen and oxygen atoms in total. The number of anilines is 1. The molecule has 1 aromatic rings. The number of aryl methyl sites for hydroxylation is 1. The van der Waals surface area contributed by atoms with Gasteiger partial charge in [0, 0.05) is 36.8 Å². The molecule has 1 atom stereocenters. The van der Waals surface area contributed by atoms with Crippen LogP contribution in [-0.2, 0) is 0 Å². The predicted molar refractivity (Wildman–Crippen MR) is 68.2 cm³/mol. The average Bonchev–Trinajstić information content (AvgIpc) is 3.12. The lowest BCUT2D eigenvalue weighted by molar-refractivity contribution is 0.502. The number of rotatable bonds is 2. The van der Waals surface area contributed by atoms with Crippen molar-refractivity contribution in [1.82, 2.24) is 9.97 Å². The van der Waals surface area contributed by atoms with Crippen molar-refractivity contribution in [3.63, 3.8) is 0 Å². The number of piperidine rings is 1. The normalized spacial score (nSPS) is 25.1. The van der Waals surface area contributed by atoms with Crippen molar-refractivity contribution in [1.29, 1.82) is 0 Å². The molecule has 0 radical (unpaired) electrons. The summed E-state index contributed by atoms with van der Waals surface area (Å²) in [6.45, 7) is 3.99. The van der Waals surface area contributed by atoms with E-state index in [1.54, 1.807) is 0 Å². The van der Waals surface area contributed by atoms with Crippen LogP contribution < -0.4 is 10.6 Å². The van der Waals surface area contributed by atoms with Crippen LogP contribution in [0.2, 0.25) is 0 Å². The first-order valence-corrected chi connectivity index (χ1v) is 6.58. The summed E-state index contributed by atoms with van der Waals surface area (Å²) in [7, 11) is 0. The molecule has 0 spiro atoms. The summed E-state index contributed by atoms with van der Waals surface area (Å²) < 4.78 is 0. The molecule has 0 unspecified atom stereocenters. The summed E-state index contributed by atoms with van der Waals surface area (Å²) in [6, 6.07) is 2.46.